The molecule has 362 valence electrons. The smallest absolute Gasteiger partial charge is 0.0619 e. The van der Waals surface area contributed by atoms with E-state index in [0.717, 1.165) is 22.7 Å². The van der Waals surface area contributed by atoms with Gasteiger partial charge < -0.3 is 9.47 Å². The van der Waals surface area contributed by atoms with Crippen molar-refractivity contribution >= 4 is 28.0 Å². The number of nitrogens with zero attached hydrogens (tertiary/aromatic N) is 2. The largest absolute Gasteiger partial charge is 0.310 e. The van der Waals surface area contributed by atoms with Gasteiger partial charge in [-0.2, -0.15) is 0 Å². The average Bonchev–Trinajstić information content (AvgIpc) is 4.10. The van der Waals surface area contributed by atoms with Gasteiger partial charge >= 0.3 is 0 Å². The molecule has 0 unspecified atom stereocenters. The van der Waals surface area contributed by atoms with Gasteiger partial charge in [0.25, 0.3) is 0 Å². The summed E-state index contributed by atoms with van der Waals surface area (Å²) in [5, 5.41) is 1.25. The van der Waals surface area contributed by atoms with Gasteiger partial charge in [-0.1, -0.05) is 228 Å². The number of anilines is 3. The Kier molecular flexibility index (Phi) is 10.6. The third kappa shape index (κ3) is 7.31. The van der Waals surface area contributed by atoms with Gasteiger partial charge in [0.05, 0.1) is 11.2 Å². The summed E-state index contributed by atoms with van der Waals surface area (Å²) < 4.78 is 2.51. The zero-order valence-corrected chi connectivity index (χ0v) is 43.3. The van der Waals surface area contributed by atoms with Crippen LogP contribution in [-0.2, 0) is 10.8 Å². The lowest BCUT2D eigenvalue weighted by Crippen LogP contribution is -2.16. The highest BCUT2D eigenvalue weighted by Gasteiger charge is 2.38. The second kappa shape index (κ2) is 17.7. The van der Waals surface area contributed by atoms with E-state index in [1.165, 1.54) is 111 Å². The average molecular weight is 973 g/mol. The van der Waals surface area contributed by atoms with Crippen molar-refractivity contribution in [2.24, 2.45) is 0 Å². The summed E-state index contributed by atoms with van der Waals surface area (Å²) in [6.07, 6.45) is 0. The van der Waals surface area contributed by atoms with Crippen molar-refractivity contribution in [3.63, 3.8) is 0 Å². The van der Waals surface area contributed by atoms with Crippen molar-refractivity contribution in [1.29, 1.82) is 0 Å². The molecule has 0 N–H and O–H groups in total. The summed E-state index contributed by atoms with van der Waals surface area (Å²) in [5.41, 5.74) is 28.1. The summed E-state index contributed by atoms with van der Waals surface area (Å²) in [6.45, 7) is 9.54. The van der Waals surface area contributed by atoms with E-state index in [1.807, 2.05) is 0 Å². The van der Waals surface area contributed by atoms with Crippen LogP contribution in [0.3, 0.4) is 0 Å². The molecule has 1 aromatic heterocycles. The summed E-state index contributed by atoms with van der Waals surface area (Å²) in [4.78, 5) is 2.42. The van der Waals surface area contributed by atoms with Crippen molar-refractivity contribution in [1.82, 2.24) is 4.57 Å². The maximum atomic E-state index is 2.51. The van der Waals surface area contributed by atoms with Crippen LogP contribution in [0.2, 0.25) is 0 Å². The van der Waals surface area contributed by atoms with Crippen LogP contribution in [0.5, 0.6) is 0 Å². The number of rotatable bonds is 9. The summed E-state index contributed by atoms with van der Waals surface area (Å²) in [6, 6.07) is 98.7. The van der Waals surface area contributed by atoms with Crippen LogP contribution in [-0.4, -0.2) is 4.57 Å². The highest BCUT2D eigenvalue weighted by molar-refractivity contribution is 6.09. The predicted octanol–water partition coefficient (Wildman–Crippen LogP) is 20.0. The molecule has 11 aromatic carbocycles. The molecule has 1 heterocycles. The van der Waals surface area contributed by atoms with Crippen LogP contribution < -0.4 is 4.90 Å². The molecule has 2 aliphatic rings. The number of hydrogen-bond acceptors (Lipinski definition) is 1. The Balaban J connectivity index is 0.869. The standard InChI is InChI=1S/C74H56N2/c1-73(2)66-28-18-17-27-61(66)62-44-42-60(46-68(62)73)75(57-36-29-51(30-37-57)49-19-9-5-10-20-49)58-38-33-53(34-39-58)56-35-43-63-64-47-65-70(48-69(64)74(3,4)67(63)45-56)76(59-40-31-52(32-41-59)50-21-11-6-12-22-50)72(55-25-15-8-16-26-55)71(65)54-23-13-7-14-24-54/h5-48H,1-4H3. The fourth-order valence-electron chi connectivity index (χ4n) is 12.7. The highest BCUT2D eigenvalue weighted by Crippen LogP contribution is 2.55. The molecule has 0 spiro atoms. The second-order valence-corrected chi connectivity index (χ2v) is 21.7. The fraction of sp³-hybridized carbons (Fsp3) is 0.0811. The third-order valence-electron chi connectivity index (χ3n) is 16.6. The minimum atomic E-state index is -0.259. The molecule has 14 rings (SSSR count). The lowest BCUT2D eigenvalue weighted by Gasteiger charge is -2.28. The molecule has 0 bridgehead atoms. The van der Waals surface area contributed by atoms with Crippen molar-refractivity contribution in [2.45, 2.75) is 38.5 Å². The van der Waals surface area contributed by atoms with Crippen LogP contribution >= 0.6 is 0 Å². The molecule has 0 saturated carbocycles. The quantitative estimate of drug-likeness (QED) is 0.140. The van der Waals surface area contributed by atoms with Gasteiger partial charge in [0, 0.05) is 44.5 Å². The number of benzene rings is 11. The number of aromatic nitrogens is 1. The van der Waals surface area contributed by atoms with E-state index in [9.17, 15) is 0 Å². The zero-order valence-electron chi connectivity index (χ0n) is 43.3. The van der Waals surface area contributed by atoms with Gasteiger partial charge in [-0.25, -0.2) is 0 Å². The maximum Gasteiger partial charge on any atom is 0.0619 e. The van der Waals surface area contributed by atoms with Gasteiger partial charge in [-0.3, -0.25) is 0 Å². The molecule has 0 fully saturated rings. The van der Waals surface area contributed by atoms with E-state index in [1.54, 1.807) is 0 Å². The Morgan fingerprint density at radius 2 is 0.697 bits per heavy atom. The minimum absolute atomic E-state index is 0.115. The van der Waals surface area contributed by atoms with Crippen molar-refractivity contribution in [2.75, 3.05) is 4.90 Å². The Morgan fingerprint density at radius 3 is 1.30 bits per heavy atom. The normalized spacial score (nSPS) is 13.5. The van der Waals surface area contributed by atoms with Crippen molar-refractivity contribution in [3.05, 3.63) is 289 Å². The Labute approximate surface area is 446 Å². The molecule has 2 nitrogen and oxygen atoms in total. The molecule has 76 heavy (non-hydrogen) atoms. The van der Waals surface area contributed by atoms with Crippen molar-refractivity contribution < 1.29 is 0 Å². The van der Waals surface area contributed by atoms with Crippen LogP contribution in [0.1, 0.15) is 49.9 Å². The van der Waals surface area contributed by atoms with Gasteiger partial charge in [0.15, 0.2) is 0 Å². The first-order chi connectivity index (χ1) is 37.2. The summed E-state index contributed by atoms with van der Waals surface area (Å²) >= 11 is 0. The molecule has 0 radical (unpaired) electrons. The number of hydrogen-bond donors (Lipinski definition) is 0. The van der Waals surface area contributed by atoms with Crippen LogP contribution in [0.4, 0.5) is 17.1 Å². The first-order valence-electron chi connectivity index (χ1n) is 26.7. The first kappa shape index (κ1) is 45.4. The van der Waals surface area contributed by atoms with E-state index in [2.05, 4.69) is 304 Å². The lowest BCUT2D eigenvalue weighted by molar-refractivity contribution is 0.660. The maximum absolute atomic E-state index is 2.51. The lowest BCUT2D eigenvalue weighted by atomic mass is 9.81. The van der Waals surface area contributed by atoms with Crippen molar-refractivity contribution in [3.8, 4) is 83.7 Å². The summed E-state index contributed by atoms with van der Waals surface area (Å²) in [7, 11) is 0. The molecule has 0 aliphatic heterocycles. The number of fused-ring (bicyclic) bond motifs is 7. The second-order valence-electron chi connectivity index (χ2n) is 21.7. The molecular formula is C74H56N2. The van der Waals surface area contributed by atoms with Gasteiger partial charge in [0.2, 0.25) is 0 Å². The molecular weight excluding hydrogens is 917 g/mol. The van der Waals surface area contributed by atoms with E-state index < -0.39 is 0 Å². The van der Waals surface area contributed by atoms with E-state index in [4.69, 9.17) is 0 Å². The van der Waals surface area contributed by atoms with Gasteiger partial charge in [-0.05, 0) is 156 Å². The van der Waals surface area contributed by atoms with E-state index in [-0.39, 0.29) is 10.8 Å². The Morgan fingerprint density at radius 1 is 0.289 bits per heavy atom. The SMILES string of the molecule is CC1(C)c2ccccc2-c2ccc(N(c3ccc(-c4ccccc4)cc3)c3ccc(-c4ccc5c(c4)C(C)(C)c4cc6c(cc4-5)c(-c4ccccc4)c(-c4ccccc4)n6-c4ccc(-c5ccccc5)cc4)cc3)cc21. The van der Waals surface area contributed by atoms with Crippen LogP contribution in [0.15, 0.2) is 267 Å². The molecule has 0 saturated heterocycles. The topological polar surface area (TPSA) is 8.17 Å². The fourth-order valence-corrected chi connectivity index (χ4v) is 12.7. The van der Waals surface area contributed by atoms with Gasteiger partial charge in [0.1, 0.15) is 0 Å². The van der Waals surface area contributed by atoms with Crippen LogP contribution in [0, 0.1) is 0 Å². The van der Waals surface area contributed by atoms with E-state index in [0.29, 0.717) is 0 Å². The first-order valence-corrected chi connectivity index (χ1v) is 26.7. The molecule has 2 aliphatic carbocycles. The third-order valence-corrected chi connectivity index (χ3v) is 16.6. The molecule has 12 aromatic rings. The Bertz CT molecular complexity index is 4150. The molecule has 0 atom stereocenters. The molecule has 0 amide bonds. The van der Waals surface area contributed by atoms with E-state index >= 15 is 0 Å². The monoisotopic (exact) mass is 972 g/mol. The zero-order chi connectivity index (χ0) is 51.1. The van der Waals surface area contributed by atoms with Crippen LogP contribution in [0.25, 0.3) is 94.6 Å². The highest BCUT2D eigenvalue weighted by atomic mass is 15.1. The van der Waals surface area contributed by atoms with Gasteiger partial charge in [-0.15, -0.1) is 0 Å². The minimum Gasteiger partial charge on any atom is -0.310 e. The predicted molar refractivity (Wildman–Crippen MR) is 320 cm³/mol. The Hall–Kier alpha value is -9.24. The summed E-state index contributed by atoms with van der Waals surface area (Å²) in [5.74, 6) is 0. The molecule has 2 heteroatoms.